The van der Waals surface area contributed by atoms with Gasteiger partial charge in [0.15, 0.2) is 5.65 Å². The Bertz CT molecular complexity index is 1020. The molecule has 25 heavy (non-hydrogen) atoms. The summed E-state index contributed by atoms with van der Waals surface area (Å²) in [5.41, 5.74) is 0.948. The molecular weight excluding hydrogens is 320 g/mol. The van der Waals surface area contributed by atoms with Crippen molar-refractivity contribution in [2.45, 2.75) is 0 Å². The van der Waals surface area contributed by atoms with Crippen LogP contribution in [0.2, 0.25) is 0 Å². The van der Waals surface area contributed by atoms with Gasteiger partial charge in [-0.1, -0.05) is 0 Å². The highest BCUT2D eigenvalue weighted by Gasteiger charge is 2.22. The maximum Gasteiger partial charge on any atom is 0.263 e. The molecule has 1 N–H and O–H groups in total. The number of anilines is 2. The Morgan fingerprint density at radius 3 is 2.76 bits per heavy atom. The number of fused-ring (bicyclic) bond motifs is 1. The molecule has 0 atom stereocenters. The highest BCUT2D eigenvalue weighted by molar-refractivity contribution is 5.74. The predicted octanol–water partition coefficient (Wildman–Crippen LogP) is 0.250. The van der Waals surface area contributed by atoms with E-state index in [1.54, 1.807) is 30.1 Å². The number of aryl methyl sites for hydroxylation is 1. The summed E-state index contributed by atoms with van der Waals surface area (Å²) in [6.07, 6.45) is 3.21. The summed E-state index contributed by atoms with van der Waals surface area (Å²) >= 11 is 0. The molecule has 3 aromatic rings. The minimum atomic E-state index is -0.188. The second-order valence-corrected chi connectivity index (χ2v) is 5.86. The smallest absolute Gasteiger partial charge is 0.263 e. The lowest BCUT2D eigenvalue weighted by molar-refractivity contribution is 0.633. The molecule has 1 aliphatic heterocycles. The first-order chi connectivity index (χ1) is 12.2. The molecule has 9 heteroatoms. The van der Waals surface area contributed by atoms with E-state index in [9.17, 15) is 10.1 Å². The molecule has 1 aliphatic rings. The highest BCUT2D eigenvalue weighted by Crippen LogP contribution is 2.20. The molecule has 126 valence electrons. The largest absolute Gasteiger partial charge is 0.352 e. The first-order valence-corrected chi connectivity index (χ1v) is 7.94. The summed E-state index contributed by atoms with van der Waals surface area (Å²) in [6, 6.07) is 5.71. The van der Waals surface area contributed by atoms with Gasteiger partial charge in [-0.25, -0.2) is 4.98 Å². The maximum absolute atomic E-state index is 12.2. The number of hydrogen-bond donors (Lipinski definition) is 1. The highest BCUT2D eigenvalue weighted by atomic mass is 16.1. The first kappa shape index (κ1) is 15.1. The van der Waals surface area contributed by atoms with E-state index in [2.05, 4.69) is 31.0 Å². The van der Waals surface area contributed by atoms with Crippen molar-refractivity contribution in [3.8, 4) is 6.07 Å². The number of rotatable bonds is 2. The summed E-state index contributed by atoms with van der Waals surface area (Å²) in [5, 5.41) is 13.8. The second kappa shape index (κ2) is 5.90. The minimum absolute atomic E-state index is 0.188. The third-order valence-electron chi connectivity index (χ3n) is 4.38. The molecule has 0 radical (unpaired) electrons. The summed E-state index contributed by atoms with van der Waals surface area (Å²) < 4.78 is 1.59. The van der Waals surface area contributed by atoms with E-state index in [1.807, 2.05) is 4.90 Å². The molecule has 0 bridgehead atoms. The third-order valence-corrected chi connectivity index (χ3v) is 4.38. The van der Waals surface area contributed by atoms with Gasteiger partial charge in [0, 0.05) is 39.4 Å². The van der Waals surface area contributed by atoms with Crippen LogP contribution in [0.15, 0.2) is 29.3 Å². The van der Waals surface area contributed by atoms with Crippen LogP contribution in [-0.2, 0) is 7.05 Å². The number of nitriles is 1. The molecule has 0 saturated carbocycles. The average molecular weight is 336 g/mol. The van der Waals surface area contributed by atoms with Crippen molar-refractivity contribution in [3.05, 3.63) is 40.4 Å². The molecule has 9 nitrogen and oxygen atoms in total. The lowest BCUT2D eigenvalue weighted by Gasteiger charge is -2.35. The van der Waals surface area contributed by atoms with Gasteiger partial charge in [0.05, 0.1) is 11.8 Å². The van der Waals surface area contributed by atoms with E-state index in [-0.39, 0.29) is 5.56 Å². The van der Waals surface area contributed by atoms with Crippen LogP contribution in [0, 0.1) is 11.3 Å². The molecule has 0 amide bonds. The van der Waals surface area contributed by atoms with Gasteiger partial charge in [-0.2, -0.15) is 15.3 Å². The van der Waals surface area contributed by atoms with E-state index in [0.29, 0.717) is 54.5 Å². The fourth-order valence-electron chi connectivity index (χ4n) is 3.04. The van der Waals surface area contributed by atoms with Crippen molar-refractivity contribution >= 4 is 22.8 Å². The zero-order chi connectivity index (χ0) is 17.4. The predicted molar refractivity (Wildman–Crippen MR) is 92.5 cm³/mol. The van der Waals surface area contributed by atoms with Gasteiger partial charge in [-0.15, -0.1) is 0 Å². The Morgan fingerprint density at radius 2 is 2.00 bits per heavy atom. The van der Waals surface area contributed by atoms with Crippen LogP contribution in [-0.4, -0.2) is 50.9 Å². The van der Waals surface area contributed by atoms with Crippen LogP contribution in [0.25, 0.3) is 11.0 Å². The Labute approximate surface area is 143 Å². The van der Waals surface area contributed by atoms with Crippen LogP contribution in [0.4, 0.5) is 11.8 Å². The Kier molecular flexibility index (Phi) is 3.57. The summed E-state index contributed by atoms with van der Waals surface area (Å²) in [5.74, 6) is 1.25. The van der Waals surface area contributed by atoms with E-state index >= 15 is 0 Å². The molecule has 0 aliphatic carbocycles. The fraction of sp³-hybridized carbons (Fsp3) is 0.312. The van der Waals surface area contributed by atoms with Crippen LogP contribution >= 0.6 is 0 Å². The van der Waals surface area contributed by atoms with E-state index in [4.69, 9.17) is 0 Å². The third kappa shape index (κ3) is 2.57. The zero-order valence-corrected chi connectivity index (χ0v) is 13.7. The van der Waals surface area contributed by atoms with E-state index in [1.165, 1.54) is 6.20 Å². The number of H-pyrrole nitrogens is 1. The molecule has 4 rings (SSSR count). The normalized spacial score (nSPS) is 14.7. The average Bonchev–Trinajstić information content (AvgIpc) is 3.03. The molecule has 0 spiro atoms. The standard InChI is InChI=1S/C16H16N8O/c1-22-14-12(10-19-22)15(25)21-16(20-14)24-7-5-23(6-8-24)13-11(9-17)3-2-4-18-13/h2-4,10H,5-8H2,1H3,(H,20,21,25). The van der Waals surface area contributed by atoms with Gasteiger partial charge in [-0.3, -0.25) is 14.5 Å². The number of piperazine rings is 1. The van der Waals surface area contributed by atoms with Gasteiger partial charge < -0.3 is 9.80 Å². The van der Waals surface area contributed by atoms with Crippen molar-refractivity contribution in [1.29, 1.82) is 5.26 Å². The summed E-state index contributed by atoms with van der Waals surface area (Å²) in [7, 11) is 1.76. The fourth-order valence-corrected chi connectivity index (χ4v) is 3.04. The van der Waals surface area contributed by atoms with E-state index in [0.717, 1.165) is 0 Å². The zero-order valence-electron chi connectivity index (χ0n) is 13.7. The molecule has 0 aromatic carbocycles. The lowest BCUT2D eigenvalue weighted by atomic mass is 10.2. The second-order valence-electron chi connectivity index (χ2n) is 5.86. The van der Waals surface area contributed by atoms with Crippen molar-refractivity contribution < 1.29 is 0 Å². The Morgan fingerprint density at radius 1 is 1.24 bits per heavy atom. The van der Waals surface area contributed by atoms with Crippen LogP contribution in [0.1, 0.15) is 5.56 Å². The van der Waals surface area contributed by atoms with Gasteiger partial charge in [0.2, 0.25) is 5.95 Å². The minimum Gasteiger partial charge on any atom is -0.352 e. The first-order valence-electron chi connectivity index (χ1n) is 7.94. The molecule has 3 aromatic heterocycles. The quantitative estimate of drug-likeness (QED) is 0.715. The topological polar surface area (TPSA) is 107 Å². The van der Waals surface area contributed by atoms with Crippen molar-refractivity contribution in [2.75, 3.05) is 36.0 Å². The number of aromatic nitrogens is 5. The van der Waals surface area contributed by atoms with Gasteiger partial charge >= 0.3 is 0 Å². The van der Waals surface area contributed by atoms with Crippen LogP contribution < -0.4 is 15.4 Å². The number of hydrogen-bond acceptors (Lipinski definition) is 7. The Balaban J connectivity index is 1.57. The SMILES string of the molecule is Cn1ncc2c(=O)[nH]c(N3CCN(c4ncccc4C#N)CC3)nc21. The van der Waals surface area contributed by atoms with Gasteiger partial charge in [0.1, 0.15) is 17.3 Å². The monoisotopic (exact) mass is 336 g/mol. The molecule has 1 fully saturated rings. The Hall–Kier alpha value is -3.41. The maximum atomic E-state index is 12.2. The van der Waals surface area contributed by atoms with Crippen molar-refractivity contribution in [3.63, 3.8) is 0 Å². The van der Waals surface area contributed by atoms with Gasteiger partial charge in [0.25, 0.3) is 5.56 Å². The number of aromatic amines is 1. The van der Waals surface area contributed by atoms with Crippen molar-refractivity contribution in [2.24, 2.45) is 7.05 Å². The number of nitrogens with one attached hydrogen (secondary N) is 1. The van der Waals surface area contributed by atoms with Crippen molar-refractivity contribution in [1.82, 2.24) is 24.7 Å². The number of nitrogens with zero attached hydrogens (tertiary/aromatic N) is 7. The van der Waals surface area contributed by atoms with Crippen LogP contribution in [0.3, 0.4) is 0 Å². The lowest BCUT2D eigenvalue weighted by Crippen LogP contribution is -2.48. The van der Waals surface area contributed by atoms with E-state index < -0.39 is 0 Å². The van der Waals surface area contributed by atoms with Crippen LogP contribution in [0.5, 0.6) is 0 Å². The summed E-state index contributed by atoms with van der Waals surface area (Å²) in [4.78, 5) is 28.0. The summed E-state index contributed by atoms with van der Waals surface area (Å²) in [6.45, 7) is 2.74. The number of pyridine rings is 1. The molecular formula is C16H16N8O. The van der Waals surface area contributed by atoms with Gasteiger partial charge in [-0.05, 0) is 12.1 Å². The molecule has 0 unspecified atom stereocenters. The molecule has 1 saturated heterocycles. The molecule has 4 heterocycles.